The van der Waals surface area contributed by atoms with Gasteiger partial charge in [0, 0.05) is 6.42 Å². The zero-order valence-electron chi connectivity index (χ0n) is 14.7. The van der Waals surface area contributed by atoms with Crippen molar-refractivity contribution in [2.24, 2.45) is 5.73 Å². The van der Waals surface area contributed by atoms with E-state index in [1.807, 2.05) is 6.26 Å². The van der Waals surface area contributed by atoms with E-state index in [1.54, 1.807) is 0 Å². The predicted molar refractivity (Wildman–Crippen MR) is 98.9 cm³/mol. The number of rotatable bonds is 7. The van der Waals surface area contributed by atoms with Gasteiger partial charge in [-0.1, -0.05) is 0 Å². The summed E-state index contributed by atoms with van der Waals surface area (Å²) in [5.41, 5.74) is 12.1. The highest BCUT2D eigenvalue weighted by molar-refractivity contribution is 7.96. The summed E-state index contributed by atoms with van der Waals surface area (Å²) in [6.45, 7) is 0. The Morgan fingerprint density at radius 1 is 1.37 bits per heavy atom. The molecule has 0 aromatic carbocycles. The van der Waals surface area contributed by atoms with Crippen molar-refractivity contribution in [3.8, 4) is 0 Å². The summed E-state index contributed by atoms with van der Waals surface area (Å²) in [5.74, 6) is 0.254. The average Bonchev–Trinajstić information content (AvgIpc) is 3.17. The molecule has 2 aromatic rings. The molecular weight excluding hydrogens is 376 g/mol. The van der Waals surface area contributed by atoms with Gasteiger partial charge in [0.2, 0.25) is 0 Å². The molecule has 148 valence electrons. The van der Waals surface area contributed by atoms with Crippen LogP contribution in [0.2, 0.25) is 0 Å². The number of aliphatic hydroxyl groups is 2. The van der Waals surface area contributed by atoms with Gasteiger partial charge in [0.15, 0.2) is 17.7 Å². The first-order chi connectivity index (χ1) is 12.8. The third kappa shape index (κ3) is 3.99. The number of carbonyl (C=O) groups is 1. The van der Waals surface area contributed by atoms with Crippen LogP contribution in [-0.2, 0) is 20.4 Å². The number of carboxylic acids is 1. The molecule has 0 saturated carbocycles. The molecule has 0 amide bonds. The molecule has 3 rings (SSSR count). The van der Waals surface area contributed by atoms with Crippen molar-refractivity contribution >= 4 is 33.8 Å². The van der Waals surface area contributed by atoms with Crippen LogP contribution in [0.5, 0.6) is 0 Å². The number of nitrogens with zero attached hydrogens (tertiary/aromatic N) is 4. The van der Waals surface area contributed by atoms with Crippen LogP contribution in [-0.4, -0.2) is 82.9 Å². The topological polar surface area (TPSA) is 183 Å². The molecule has 12 heteroatoms. The largest absolute Gasteiger partial charge is 0.480 e. The third-order valence-electron chi connectivity index (χ3n) is 4.54. The molecule has 2 aromatic heterocycles. The van der Waals surface area contributed by atoms with Crippen LogP contribution < -0.4 is 11.5 Å². The summed E-state index contributed by atoms with van der Waals surface area (Å²) in [5, 5.41) is 29.7. The fraction of sp³-hybridized carbons (Fsp3) is 0.600. The van der Waals surface area contributed by atoms with Gasteiger partial charge in [-0.3, -0.25) is 9.36 Å². The van der Waals surface area contributed by atoms with Gasteiger partial charge in [-0.25, -0.2) is 15.0 Å². The molecule has 4 unspecified atom stereocenters. The maximum absolute atomic E-state index is 10.8. The van der Waals surface area contributed by atoms with Gasteiger partial charge in [0.25, 0.3) is 0 Å². The number of anilines is 1. The van der Waals surface area contributed by atoms with Gasteiger partial charge in [-0.05, 0) is 10.9 Å². The molecule has 11 nitrogen and oxygen atoms in total. The Hall–Kier alpha value is -1.99. The van der Waals surface area contributed by atoms with Crippen LogP contribution in [0.3, 0.4) is 0 Å². The van der Waals surface area contributed by atoms with Gasteiger partial charge in [0.1, 0.15) is 47.7 Å². The van der Waals surface area contributed by atoms with Crippen molar-refractivity contribution in [1.29, 1.82) is 0 Å². The number of hydrogen-bond acceptors (Lipinski definition) is 9. The number of aliphatic carboxylic acids is 1. The molecule has 0 aliphatic carbocycles. The molecule has 1 saturated heterocycles. The lowest BCUT2D eigenvalue weighted by molar-refractivity contribution is -0.138. The first-order valence-corrected chi connectivity index (χ1v) is 10.3. The number of imidazole rings is 1. The van der Waals surface area contributed by atoms with Crippen LogP contribution in [0, 0.1) is 0 Å². The Bertz CT molecular complexity index is 819. The standard InChI is InChI=1S/C15H22N6O5S/c1-27(3-2-7(16)15(24)25)4-8-10(22)11(23)14(26-8)21-6-20-9-12(17)18-5-19-13(9)21/h5-8,10-11,14,22-23H,2-4,16H2,1H3,(H2-,17,18,19,24,25)/p+1/t7-,8?,10?,11-,14?,27?/m0/s1. The van der Waals surface area contributed by atoms with Crippen molar-refractivity contribution in [2.75, 3.05) is 23.5 Å². The van der Waals surface area contributed by atoms with Crippen LogP contribution in [0.25, 0.3) is 11.2 Å². The molecule has 0 bridgehead atoms. The maximum Gasteiger partial charge on any atom is 0.320 e. The summed E-state index contributed by atoms with van der Waals surface area (Å²) < 4.78 is 7.41. The number of nitrogens with two attached hydrogens (primary N) is 2. The molecule has 6 atom stereocenters. The first kappa shape index (κ1) is 19.8. The van der Waals surface area contributed by atoms with Crippen molar-refractivity contribution in [3.63, 3.8) is 0 Å². The van der Waals surface area contributed by atoms with E-state index in [0.717, 1.165) is 0 Å². The lowest BCUT2D eigenvalue weighted by atomic mass is 10.1. The second-order valence-electron chi connectivity index (χ2n) is 6.51. The molecular formula is C15H23N6O5S+. The molecule has 0 radical (unpaired) electrons. The van der Waals surface area contributed by atoms with E-state index in [2.05, 4.69) is 15.0 Å². The summed E-state index contributed by atoms with van der Waals surface area (Å²) in [6.07, 6.45) is 1.31. The van der Waals surface area contributed by atoms with Gasteiger partial charge in [-0.15, -0.1) is 0 Å². The number of aromatic nitrogens is 4. The Balaban J connectivity index is 1.68. The van der Waals surface area contributed by atoms with Crippen molar-refractivity contribution in [1.82, 2.24) is 19.5 Å². The molecule has 1 fully saturated rings. The monoisotopic (exact) mass is 399 g/mol. The lowest BCUT2D eigenvalue weighted by Crippen LogP contribution is -2.37. The number of hydrogen-bond donors (Lipinski definition) is 5. The van der Waals surface area contributed by atoms with Crippen molar-refractivity contribution in [2.45, 2.75) is 37.0 Å². The summed E-state index contributed by atoms with van der Waals surface area (Å²) >= 11 is 0. The Morgan fingerprint density at radius 2 is 2.11 bits per heavy atom. The minimum Gasteiger partial charge on any atom is -0.480 e. The fourth-order valence-electron chi connectivity index (χ4n) is 2.97. The van der Waals surface area contributed by atoms with E-state index in [0.29, 0.717) is 29.1 Å². The van der Waals surface area contributed by atoms with Crippen molar-refractivity contribution in [3.05, 3.63) is 12.7 Å². The smallest absolute Gasteiger partial charge is 0.320 e. The van der Waals surface area contributed by atoms with E-state index >= 15 is 0 Å². The number of ether oxygens (including phenoxy) is 1. The molecule has 0 spiro atoms. The SMILES string of the molecule is C[S+](CC[C@H](N)C(=O)O)CC1OC(n2cnc3c(N)ncnc32)[C@@H](O)C1O. The Kier molecular flexibility index (Phi) is 5.81. The van der Waals surface area contributed by atoms with Gasteiger partial charge in [0.05, 0.1) is 12.6 Å². The zero-order valence-corrected chi connectivity index (χ0v) is 15.5. The minimum atomic E-state index is -1.16. The number of fused-ring (bicyclic) bond motifs is 1. The van der Waals surface area contributed by atoms with E-state index in [1.165, 1.54) is 17.2 Å². The second kappa shape index (κ2) is 7.94. The van der Waals surface area contributed by atoms with E-state index in [9.17, 15) is 15.0 Å². The average molecular weight is 399 g/mol. The number of aliphatic hydroxyl groups excluding tert-OH is 2. The molecule has 27 heavy (non-hydrogen) atoms. The van der Waals surface area contributed by atoms with E-state index < -0.39 is 36.6 Å². The highest BCUT2D eigenvalue weighted by Gasteiger charge is 2.46. The van der Waals surface area contributed by atoms with Crippen LogP contribution >= 0.6 is 0 Å². The highest BCUT2D eigenvalue weighted by Crippen LogP contribution is 2.32. The molecule has 1 aliphatic rings. The number of nitrogen functional groups attached to an aromatic ring is 1. The fourth-order valence-corrected chi connectivity index (χ4v) is 4.63. The second-order valence-corrected chi connectivity index (χ2v) is 8.82. The van der Waals surface area contributed by atoms with Crippen LogP contribution in [0.15, 0.2) is 12.7 Å². The zero-order chi connectivity index (χ0) is 19.7. The molecule has 3 heterocycles. The maximum atomic E-state index is 10.8. The quantitative estimate of drug-likeness (QED) is 0.329. The predicted octanol–water partition coefficient (Wildman–Crippen LogP) is -1.92. The first-order valence-electron chi connectivity index (χ1n) is 8.31. The summed E-state index contributed by atoms with van der Waals surface area (Å²) in [6, 6.07) is -0.907. The van der Waals surface area contributed by atoms with Crippen molar-refractivity contribution < 1.29 is 24.9 Å². The number of carboxylic acid groups (broad SMARTS) is 1. The van der Waals surface area contributed by atoms with E-state index in [-0.39, 0.29) is 16.7 Å². The van der Waals surface area contributed by atoms with E-state index in [4.69, 9.17) is 21.3 Å². The Labute approximate surface area is 157 Å². The van der Waals surface area contributed by atoms with Gasteiger partial charge in [-0.2, -0.15) is 0 Å². The summed E-state index contributed by atoms with van der Waals surface area (Å²) in [4.78, 5) is 23.0. The van der Waals surface area contributed by atoms with Gasteiger partial charge < -0.3 is 31.5 Å². The highest BCUT2D eigenvalue weighted by atomic mass is 32.2. The van der Waals surface area contributed by atoms with Crippen LogP contribution in [0.4, 0.5) is 5.82 Å². The minimum absolute atomic E-state index is 0.216. The molecule has 7 N–H and O–H groups in total. The summed E-state index contributed by atoms with van der Waals surface area (Å²) in [7, 11) is -0.235. The third-order valence-corrected chi connectivity index (χ3v) is 6.37. The normalized spacial score (nSPS) is 27.7. The van der Waals surface area contributed by atoms with Crippen LogP contribution in [0.1, 0.15) is 12.6 Å². The van der Waals surface area contributed by atoms with Gasteiger partial charge >= 0.3 is 5.97 Å². The lowest BCUT2D eigenvalue weighted by Gasteiger charge is -2.16. The Morgan fingerprint density at radius 3 is 2.81 bits per heavy atom. The molecule has 1 aliphatic heterocycles.